The summed E-state index contributed by atoms with van der Waals surface area (Å²) in [6, 6.07) is 14.8. The van der Waals surface area contributed by atoms with Crippen molar-refractivity contribution in [1.29, 1.82) is 0 Å². The van der Waals surface area contributed by atoms with E-state index >= 15 is 0 Å². The van der Waals surface area contributed by atoms with Crippen molar-refractivity contribution in [3.05, 3.63) is 110 Å². The summed E-state index contributed by atoms with van der Waals surface area (Å²) < 4.78 is 3.39. The number of aryl methyl sites for hydroxylation is 2. The molecule has 2 aliphatic rings. The quantitative estimate of drug-likeness (QED) is 0.299. The number of rotatable bonds is 10. The maximum absolute atomic E-state index is 13.1. The van der Waals surface area contributed by atoms with Gasteiger partial charge in [-0.1, -0.05) is 87.0 Å². The van der Waals surface area contributed by atoms with Crippen LogP contribution >= 0.6 is 0 Å². The van der Waals surface area contributed by atoms with Crippen molar-refractivity contribution in [3.8, 4) is 0 Å². The molecule has 1 aromatic heterocycles. The zero-order chi connectivity index (χ0) is 29.4. The molecule has 0 aliphatic heterocycles. The van der Waals surface area contributed by atoms with Gasteiger partial charge in [0.1, 0.15) is 5.82 Å². The number of hydrogen-bond acceptors (Lipinski definition) is 3. The number of allylic oxidation sites excluding steroid dienone is 4. The largest absolute Gasteiger partial charge is 0.481 e. The summed E-state index contributed by atoms with van der Waals surface area (Å²) in [5, 5.41) is 14.6. The van der Waals surface area contributed by atoms with Crippen LogP contribution in [-0.4, -0.2) is 25.4 Å². The smallest absolute Gasteiger partial charge is 0.346 e. The van der Waals surface area contributed by atoms with E-state index in [0.29, 0.717) is 13.1 Å². The summed E-state index contributed by atoms with van der Waals surface area (Å²) in [4.78, 5) is 25.1. The third-order valence-electron chi connectivity index (χ3n) is 8.84. The second-order valence-corrected chi connectivity index (χ2v) is 12.8. The van der Waals surface area contributed by atoms with Gasteiger partial charge in [0.25, 0.3) is 0 Å². The third kappa shape index (κ3) is 6.02. The standard InChI is InChI=1S/C35H43N3O3/c1-6-37-31(36-38(33(37)41)23-26-14-17-29(18-15-26)34(3,4)5)12-8-10-25-9-7-11-27(21-25)28-16-13-24(2)30(22-28)35(19-20-35)32(39)40/h7,9,13-18,21-22,27H,6,8,10-12,19-20,23H2,1-5H3,(H,39,40). The molecule has 6 nitrogen and oxygen atoms in total. The molecule has 6 heteroatoms. The molecule has 2 aromatic carbocycles. The van der Waals surface area contributed by atoms with Gasteiger partial charge in [-0.05, 0) is 79.2 Å². The van der Waals surface area contributed by atoms with Gasteiger partial charge >= 0.3 is 11.7 Å². The van der Waals surface area contributed by atoms with E-state index in [9.17, 15) is 14.7 Å². The Bertz CT molecular complexity index is 1540. The topological polar surface area (TPSA) is 77.1 Å². The molecule has 0 spiro atoms. The molecule has 1 fully saturated rings. The first-order chi connectivity index (χ1) is 19.5. The van der Waals surface area contributed by atoms with Crippen molar-refractivity contribution in [2.45, 2.75) is 103 Å². The number of aromatic nitrogens is 3. The van der Waals surface area contributed by atoms with Crippen LogP contribution in [0.5, 0.6) is 0 Å². The maximum Gasteiger partial charge on any atom is 0.346 e. The maximum atomic E-state index is 13.1. The van der Waals surface area contributed by atoms with Crippen LogP contribution in [0.1, 0.15) is 99.4 Å². The molecule has 3 aromatic rings. The van der Waals surface area contributed by atoms with E-state index in [0.717, 1.165) is 61.0 Å². The Labute approximate surface area is 243 Å². The van der Waals surface area contributed by atoms with Crippen molar-refractivity contribution in [1.82, 2.24) is 14.3 Å². The molecule has 1 unspecified atom stereocenters. The molecule has 5 rings (SSSR count). The fourth-order valence-corrected chi connectivity index (χ4v) is 6.08. The number of carboxylic acids is 1. The Morgan fingerprint density at radius 2 is 1.83 bits per heavy atom. The van der Waals surface area contributed by atoms with Crippen LogP contribution in [0.3, 0.4) is 0 Å². The number of hydrogen-bond donors (Lipinski definition) is 1. The Balaban J connectivity index is 1.25. The molecule has 2 aliphatic carbocycles. The van der Waals surface area contributed by atoms with E-state index in [1.54, 1.807) is 9.25 Å². The van der Waals surface area contributed by atoms with Gasteiger partial charge in [-0.15, -0.1) is 0 Å². The monoisotopic (exact) mass is 553 g/mol. The second-order valence-electron chi connectivity index (χ2n) is 12.8. The molecule has 0 amide bonds. The molecule has 1 saturated carbocycles. The van der Waals surface area contributed by atoms with Crippen molar-refractivity contribution >= 4 is 5.97 Å². The molecule has 1 heterocycles. The molecule has 1 N–H and O–H groups in total. The van der Waals surface area contributed by atoms with Crippen LogP contribution in [0.15, 0.2) is 71.1 Å². The van der Waals surface area contributed by atoms with Gasteiger partial charge in [-0.25, -0.2) is 9.48 Å². The minimum absolute atomic E-state index is 0.0517. The molecule has 216 valence electrons. The third-order valence-corrected chi connectivity index (χ3v) is 8.84. The van der Waals surface area contributed by atoms with E-state index in [4.69, 9.17) is 5.10 Å². The lowest BCUT2D eigenvalue weighted by Gasteiger charge is -2.21. The van der Waals surface area contributed by atoms with Crippen LogP contribution in [0.4, 0.5) is 0 Å². The number of benzene rings is 2. The van der Waals surface area contributed by atoms with Gasteiger partial charge in [-0.2, -0.15) is 5.10 Å². The SMILES string of the molecule is CCn1c(CCCC2=CC(c3ccc(C)c(C4(C(=O)O)CC4)c3)CC=C2)nn(Cc2ccc(C(C)(C)C)cc2)c1=O. The molecule has 41 heavy (non-hydrogen) atoms. The molecule has 1 atom stereocenters. The lowest BCUT2D eigenvalue weighted by molar-refractivity contribution is -0.140. The summed E-state index contributed by atoms with van der Waals surface area (Å²) in [5.74, 6) is 0.382. The summed E-state index contributed by atoms with van der Waals surface area (Å²) in [7, 11) is 0. The Morgan fingerprint density at radius 1 is 1.10 bits per heavy atom. The zero-order valence-corrected chi connectivity index (χ0v) is 25.1. The zero-order valence-electron chi connectivity index (χ0n) is 25.1. The number of carbonyl (C=O) groups is 1. The van der Waals surface area contributed by atoms with Gasteiger partial charge in [0.15, 0.2) is 0 Å². The predicted molar refractivity (Wildman–Crippen MR) is 164 cm³/mol. The average molecular weight is 554 g/mol. The summed E-state index contributed by atoms with van der Waals surface area (Å²) >= 11 is 0. The van der Waals surface area contributed by atoms with Crippen LogP contribution in [-0.2, 0) is 35.1 Å². The molecule has 0 radical (unpaired) electrons. The lowest BCUT2D eigenvalue weighted by atomic mass is 9.84. The molecule has 0 saturated heterocycles. The molecular weight excluding hydrogens is 510 g/mol. The van der Waals surface area contributed by atoms with Gasteiger partial charge < -0.3 is 5.11 Å². The number of carboxylic acid groups (broad SMARTS) is 1. The van der Waals surface area contributed by atoms with Crippen molar-refractivity contribution in [3.63, 3.8) is 0 Å². The van der Waals surface area contributed by atoms with Crippen molar-refractivity contribution in [2.24, 2.45) is 0 Å². The van der Waals surface area contributed by atoms with Gasteiger partial charge in [0.2, 0.25) is 0 Å². The second kappa shape index (κ2) is 11.3. The van der Waals surface area contributed by atoms with Crippen molar-refractivity contribution < 1.29 is 9.90 Å². The average Bonchev–Trinajstić information content (AvgIpc) is 3.70. The van der Waals surface area contributed by atoms with Crippen molar-refractivity contribution in [2.75, 3.05) is 0 Å². The van der Waals surface area contributed by atoms with Crippen LogP contribution in [0.25, 0.3) is 0 Å². The fraction of sp³-hybridized carbons (Fsp3) is 0.457. The summed E-state index contributed by atoms with van der Waals surface area (Å²) in [6.07, 6.45) is 11.7. The highest BCUT2D eigenvalue weighted by Gasteiger charge is 2.52. The number of aliphatic carboxylic acids is 1. The highest BCUT2D eigenvalue weighted by atomic mass is 16.4. The Morgan fingerprint density at radius 3 is 2.46 bits per heavy atom. The first-order valence-corrected chi connectivity index (χ1v) is 15.0. The normalized spacial score (nSPS) is 17.9. The highest BCUT2D eigenvalue weighted by molar-refractivity contribution is 5.85. The highest BCUT2D eigenvalue weighted by Crippen LogP contribution is 2.50. The van der Waals surface area contributed by atoms with Crippen LogP contribution in [0.2, 0.25) is 0 Å². The summed E-state index contributed by atoms with van der Waals surface area (Å²) in [5.41, 5.74) is 6.22. The Kier molecular flexibility index (Phi) is 7.95. The Hall–Kier alpha value is -3.67. The first kappa shape index (κ1) is 28.8. The van der Waals surface area contributed by atoms with E-state index in [2.05, 4.69) is 81.5 Å². The molecule has 0 bridgehead atoms. The minimum atomic E-state index is -0.705. The predicted octanol–water partition coefficient (Wildman–Crippen LogP) is 6.83. The lowest BCUT2D eigenvalue weighted by Crippen LogP contribution is -2.25. The van der Waals surface area contributed by atoms with Gasteiger partial charge in [0, 0.05) is 18.9 Å². The van der Waals surface area contributed by atoms with Gasteiger partial charge in [0.05, 0.1) is 12.0 Å². The van der Waals surface area contributed by atoms with Crippen LogP contribution in [0, 0.1) is 6.92 Å². The fourth-order valence-electron chi connectivity index (χ4n) is 6.08. The first-order valence-electron chi connectivity index (χ1n) is 15.0. The summed E-state index contributed by atoms with van der Waals surface area (Å²) in [6.45, 7) is 11.7. The van der Waals surface area contributed by atoms with E-state index in [-0.39, 0.29) is 17.0 Å². The number of nitrogens with zero attached hydrogens (tertiary/aromatic N) is 3. The van der Waals surface area contributed by atoms with Gasteiger partial charge in [-0.3, -0.25) is 9.36 Å². The molecular formula is C35H43N3O3. The minimum Gasteiger partial charge on any atom is -0.481 e. The van der Waals surface area contributed by atoms with E-state index in [1.807, 2.05) is 13.8 Å². The van der Waals surface area contributed by atoms with E-state index in [1.165, 1.54) is 16.7 Å². The van der Waals surface area contributed by atoms with Crippen LogP contribution < -0.4 is 5.69 Å². The van der Waals surface area contributed by atoms with E-state index < -0.39 is 11.4 Å².